The summed E-state index contributed by atoms with van der Waals surface area (Å²) in [6.07, 6.45) is -0.206. The van der Waals surface area contributed by atoms with Gasteiger partial charge in [0.1, 0.15) is 12.7 Å². The lowest BCUT2D eigenvalue weighted by molar-refractivity contribution is 0.0789. The normalized spacial score (nSPS) is 16.3. The van der Waals surface area contributed by atoms with Gasteiger partial charge in [-0.3, -0.25) is 4.79 Å². The van der Waals surface area contributed by atoms with Crippen LogP contribution in [0.1, 0.15) is 10.4 Å². The zero-order valence-corrected chi connectivity index (χ0v) is 12.0. The predicted octanol–water partition coefficient (Wildman–Crippen LogP) is 2.91. The Balaban J connectivity index is 1.58. The summed E-state index contributed by atoms with van der Waals surface area (Å²) < 4.78 is 11.4. The highest BCUT2D eigenvalue weighted by Gasteiger charge is 2.21. The van der Waals surface area contributed by atoms with E-state index in [9.17, 15) is 4.79 Å². The van der Waals surface area contributed by atoms with Crippen molar-refractivity contribution in [1.29, 1.82) is 0 Å². The molecule has 0 fully saturated rings. The molecule has 5 heteroatoms. The molecule has 21 heavy (non-hydrogen) atoms. The number of para-hydroxylation sites is 2. The molecule has 1 aliphatic rings. The largest absolute Gasteiger partial charge is 0.486 e. The van der Waals surface area contributed by atoms with Crippen LogP contribution < -0.4 is 14.8 Å². The van der Waals surface area contributed by atoms with Gasteiger partial charge in [0.25, 0.3) is 5.91 Å². The number of nitrogens with one attached hydrogen (secondary N) is 1. The Morgan fingerprint density at radius 2 is 2.00 bits per heavy atom. The molecule has 0 spiro atoms. The Kier molecular flexibility index (Phi) is 3.97. The fourth-order valence-electron chi connectivity index (χ4n) is 2.10. The number of rotatable bonds is 3. The summed E-state index contributed by atoms with van der Waals surface area (Å²) in [4.78, 5) is 12.0. The van der Waals surface area contributed by atoms with Crippen molar-refractivity contribution >= 4 is 17.5 Å². The molecule has 1 heterocycles. The van der Waals surface area contributed by atoms with Crippen LogP contribution in [-0.2, 0) is 0 Å². The molecule has 108 valence electrons. The molecule has 0 saturated heterocycles. The fourth-order valence-corrected chi connectivity index (χ4v) is 2.29. The molecular formula is C16H14ClNO3. The number of hydrogen-bond acceptors (Lipinski definition) is 3. The molecular weight excluding hydrogens is 290 g/mol. The Morgan fingerprint density at radius 1 is 1.19 bits per heavy atom. The first-order chi connectivity index (χ1) is 10.2. The third-order valence-corrected chi connectivity index (χ3v) is 3.38. The maximum Gasteiger partial charge on any atom is 0.251 e. The average Bonchev–Trinajstić information content (AvgIpc) is 2.52. The smallest absolute Gasteiger partial charge is 0.251 e. The van der Waals surface area contributed by atoms with Gasteiger partial charge in [-0.1, -0.05) is 29.8 Å². The predicted molar refractivity (Wildman–Crippen MR) is 80.1 cm³/mol. The number of benzene rings is 2. The van der Waals surface area contributed by atoms with E-state index in [0.717, 1.165) is 5.75 Å². The topological polar surface area (TPSA) is 47.6 Å². The second kappa shape index (κ2) is 6.06. The van der Waals surface area contributed by atoms with Crippen LogP contribution in [0.3, 0.4) is 0 Å². The molecule has 2 aromatic carbocycles. The Labute approximate surface area is 127 Å². The molecule has 1 N–H and O–H groups in total. The quantitative estimate of drug-likeness (QED) is 0.948. The van der Waals surface area contributed by atoms with E-state index in [4.69, 9.17) is 21.1 Å². The lowest BCUT2D eigenvalue weighted by Gasteiger charge is -2.26. The number of fused-ring (bicyclic) bond motifs is 1. The van der Waals surface area contributed by atoms with Crippen molar-refractivity contribution in [1.82, 2.24) is 5.32 Å². The summed E-state index contributed by atoms with van der Waals surface area (Å²) >= 11 is 5.87. The minimum absolute atomic E-state index is 0.181. The van der Waals surface area contributed by atoms with Gasteiger partial charge < -0.3 is 14.8 Å². The first kappa shape index (κ1) is 13.8. The van der Waals surface area contributed by atoms with Crippen LogP contribution >= 0.6 is 11.6 Å². The second-order valence-electron chi connectivity index (χ2n) is 4.72. The van der Waals surface area contributed by atoms with Gasteiger partial charge in [-0.2, -0.15) is 0 Å². The number of hydrogen-bond donors (Lipinski definition) is 1. The second-order valence-corrected chi connectivity index (χ2v) is 5.15. The van der Waals surface area contributed by atoms with E-state index in [1.165, 1.54) is 0 Å². The number of ether oxygens (including phenoxy) is 2. The van der Waals surface area contributed by atoms with Gasteiger partial charge in [0, 0.05) is 10.6 Å². The standard InChI is InChI=1S/C16H14ClNO3/c17-12-5-3-4-11(8-12)16(19)18-9-13-10-20-14-6-1-2-7-15(14)21-13/h1-8,13H,9-10H2,(H,18,19). The minimum Gasteiger partial charge on any atom is -0.486 e. The maximum absolute atomic E-state index is 12.0. The number of amides is 1. The van der Waals surface area contributed by atoms with E-state index >= 15 is 0 Å². The molecule has 3 rings (SSSR count). The van der Waals surface area contributed by atoms with Crippen LogP contribution in [0.4, 0.5) is 0 Å². The molecule has 0 radical (unpaired) electrons. The van der Waals surface area contributed by atoms with E-state index in [0.29, 0.717) is 29.5 Å². The molecule has 4 nitrogen and oxygen atoms in total. The molecule has 2 aromatic rings. The first-order valence-electron chi connectivity index (χ1n) is 6.64. The van der Waals surface area contributed by atoms with Gasteiger partial charge in [-0.05, 0) is 30.3 Å². The van der Waals surface area contributed by atoms with Crippen LogP contribution in [0.2, 0.25) is 5.02 Å². The van der Waals surface area contributed by atoms with E-state index in [2.05, 4.69) is 5.32 Å². The highest BCUT2D eigenvalue weighted by molar-refractivity contribution is 6.30. The molecule has 0 bridgehead atoms. The van der Waals surface area contributed by atoms with Gasteiger partial charge in [-0.15, -0.1) is 0 Å². The lowest BCUT2D eigenvalue weighted by atomic mass is 10.2. The summed E-state index contributed by atoms with van der Waals surface area (Å²) in [6.45, 7) is 0.784. The third-order valence-electron chi connectivity index (χ3n) is 3.14. The van der Waals surface area contributed by atoms with Crippen molar-refractivity contribution in [3.05, 3.63) is 59.1 Å². The van der Waals surface area contributed by atoms with E-state index in [-0.39, 0.29) is 12.0 Å². The summed E-state index contributed by atoms with van der Waals surface area (Å²) in [6, 6.07) is 14.3. The molecule has 0 aromatic heterocycles. The van der Waals surface area contributed by atoms with Crippen LogP contribution in [0.5, 0.6) is 11.5 Å². The van der Waals surface area contributed by atoms with Crippen LogP contribution in [0.25, 0.3) is 0 Å². The van der Waals surface area contributed by atoms with E-state index in [1.54, 1.807) is 24.3 Å². The minimum atomic E-state index is -0.206. The molecule has 1 atom stereocenters. The zero-order chi connectivity index (χ0) is 14.7. The Hall–Kier alpha value is -2.20. The number of carbonyl (C=O) groups excluding carboxylic acids is 1. The summed E-state index contributed by atoms with van der Waals surface area (Å²) in [5.74, 6) is 1.25. The summed E-state index contributed by atoms with van der Waals surface area (Å²) in [5, 5.41) is 3.36. The Morgan fingerprint density at radius 3 is 2.81 bits per heavy atom. The van der Waals surface area contributed by atoms with Gasteiger partial charge in [0.05, 0.1) is 6.54 Å². The summed E-state index contributed by atoms with van der Waals surface area (Å²) in [7, 11) is 0. The van der Waals surface area contributed by atoms with E-state index in [1.807, 2.05) is 24.3 Å². The highest BCUT2D eigenvalue weighted by atomic mass is 35.5. The average molecular weight is 304 g/mol. The summed E-state index contributed by atoms with van der Waals surface area (Å²) in [5.41, 5.74) is 0.527. The van der Waals surface area contributed by atoms with Crippen molar-refractivity contribution in [3.63, 3.8) is 0 Å². The van der Waals surface area contributed by atoms with Gasteiger partial charge in [-0.25, -0.2) is 0 Å². The van der Waals surface area contributed by atoms with Crippen molar-refractivity contribution in [3.8, 4) is 11.5 Å². The van der Waals surface area contributed by atoms with Gasteiger partial charge >= 0.3 is 0 Å². The number of halogens is 1. The van der Waals surface area contributed by atoms with Crippen molar-refractivity contribution < 1.29 is 14.3 Å². The molecule has 1 amide bonds. The third kappa shape index (κ3) is 3.28. The molecule has 1 aliphatic heterocycles. The first-order valence-corrected chi connectivity index (χ1v) is 7.02. The molecule has 1 unspecified atom stereocenters. The van der Waals surface area contributed by atoms with Gasteiger partial charge in [0.2, 0.25) is 0 Å². The van der Waals surface area contributed by atoms with Crippen LogP contribution in [0.15, 0.2) is 48.5 Å². The van der Waals surface area contributed by atoms with Crippen LogP contribution in [0, 0.1) is 0 Å². The zero-order valence-electron chi connectivity index (χ0n) is 11.2. The fraction of sp³-hybridized carbons (Fsp3) is 0.188. The van der Waals surface area contributed by atoms with Gasteiger partial charge in [0.15, 0.2) is 11.5 Å². The number of carbonyl (C=O) groups is 1. The molecule has 0 aliphatic carbocycles. The van der Waals surface area contributed by atoms with Crippen LogP contribution in [-0.4, -0.2) is 25.2 Å². The van der Waals surface area contributed by atoms with Crippen molar-refractivity contribution in [2.75, 3.05) is 13.2 Å². The SMILES string of the molecule is O=C(NCC1COc2ccccc2O1)c1cccc(Cl)c1. The Bertz CT molecular complexity index is 659. The maximum atomic E-state index is 12.0. The van der Waals surface area contributed by atoms with E-state index < -0.39 is 0 Å². The van der Waals surface area contributed by atoms with Crippen molar-refractivity contribution in [2.24, 2.45) is 0 Å². The molecule has 0 saturated carbocycles. The lowest BCUT2D eigenvalue weighted by Crippen LogP contribution is -2.40. The highest BCUT2D eigenvalue weighted by Crippen LogP contribution is 2.30. The monoisotopic (exact) mass is 303 g/mol. The van der Waals surface area contributed by atoms with Crippen molar-refractivity contribution in [2.45, 2.75) is 6.10 Å².